The second-order valence-electron chi connectivity index (χ2n) is 5.69. The minimum absolute atomic E-state index is 0.635. The fourth-order valence-corrected chi connectivity index (χ4v) is 2.67. The molecule has 2 heterocycles. The summed E-state index contributed by atoms with van der Waals surface area (Å²) < 4.78 is 0. The van der Waals surface area contributed by atoms with E-state index in [9.17, 15) is 0 Å². The highest BCUT2D eigenvalue weighted by Crippen LogP contribution is 2.11. The quantitative estimate of drug-likeness (QED) is 0.885. The molecule has 1 fully saturated rings. The molecule has 0 amide bonds. The topological polar surface area (TPSA) is 28.2 Å². The minimum atomic E-state index is 0.635. The van der Waals surface area contributed by atoms with Crippen molar-refractivity contribution in [3.8, 4) is 0 Å². The summed E-state index contributed by atoms with van der Waals surface area (Å²) in [5.74, 6) is 0.761. The van der Waals surface area contributed by atoms with Crippen LogP contribution in [0.3, 0.4) is 0 Å². The van der Waals surface area contributed by atoms with Crippen molar-refractivity contribution in [3.05, 3.63) is 30.1 Å². The standard InChI is InChI=1S/C15H25N3/c1-13(2)10-15-12-18(9-5-8-17-15)11-14-6-3-4-7-16-14/h3-4,6-7,13,15,17H,5,8-12H2,1-2H3. The summed E-state index contributed by atoms with van der Waals surface area (Å²) in [6, 6.07) is 6.81. The Kier molecular flexibility index (Phi) is 5.14. The Morgan fingerprint density at radius 2 is 2.33 bits per heavy atom. The second kappa shape index (κ2) is 6.86. The maximum absolute atomic E-state index is 4.43. The van der Waals surface area contributed by atoms with Crippen molar-refractivity contribution in [3.63, 3.8) is 0 Å². The van der Waals surface area contributed by atoms with E-state index in [-0.39, 0.29) is 0 Å². The van der Waals surface area contributed by atoms with E-state index in [1.165, 1.54) is 25.1 Å². The number of pyridine rings is 1. The number of rotatable bonds is 4. The molecule has 1 aromatic rings. The Hall–Kier alpha value is -0.930. The van der Waals surface area contributed by atoms with Crippen LogP contribution in [0.5, 0.6) is 0 Å². The lowest BCUT2D eigenvalue weighted by Crippen LogP contribution is -2.38. The summed E-state index contributed by atoms with van der Waals surface area (Å²) in [6.45, 7) is 9.06. The Balaban J connectivity index is 1.91. The van der Waals surface area contributed by atoms with E-state index in [1.807, 2.05) is 12.3 Å². The van der Waals surface area contributed by atoms with E-state index in [1.54, 1.807) is 0 Å². The average molecular weight is 247 g/mol. The van der Waals surface area contributed by atoms with Gasteiger partial charge in [-0.3, -0.25) is 9.88 Å². The molecule has 0 radical (unpaired) electrons. The summed E-state index contributed by atoms with van der Waals surface area (Å²) in [7, 11) is 0. The molecule has 3 nitrogen and oxygen atoms in total. The van der Waals surface area contributed by atoms with Gasteiger partial charge in [-0.05, 0) is 44.0 Å². The summed E-state index contributed by atoms with van der Waals surface area (Å²) >= 11 is 0. The lowest BCUT2D eigenvalue weighted by molar-refractivity contribution is 0.245. The van der Waals surface area contributed by atoms with Gasteiger partial charge in [-0.25, -0.2) is 0 Å². The SMILES string of the molecule is CC(C)CC1CN(Cc2ccccn2)CCCN1. The number of hydrogen-bond donors (Lipinski definition) is 1. The molecule has 1 atom stereocenters. The molecule has 3 heteroatoms. The molecule has 0 aliphatic carbocycles. The Labute approximate surface area is 111 Å². The van der Waals surface area contributed by atoms with Crippen LogP contribution in [0.1, 0.15) is 32.4 Å². The average Bonchev–Trinajstić information content (AvgIpc) is 2.55. The summed E-state index contributed by atoms with van der Waals surface area (Å²) in [6.07, 6.45) is 4.39. The van der Waals surface area contributed by atoms with Crippen LogP contribution >= 0.6 is 0 Å². The van der Waals surface area contributed by atoms with Crippen molar-refractivity contribution in [2.24, 2.45) is 5.92 Å². The van der Waals surface area contributed by atoms with Gasteiger partial charge in [-0.1, -0.05) is 19.9 Å². The van der Waals surface area contributed by atoms with Crippen molar-refractivity contribution in [2.75, 3.05) is 19.6 Å². The summed E-state index contributed by atoms with van der Waals surface area (Å²) in [5, 5.41) is 3.67. The van der Waals surface area contributed by atoms with Crippen molar-refractivity contribution in [1.82, 2.24) is 15.2 Å². The molecule has 0 bridgehead atoms. The van der Waals surface area contributed by atoms with Crippen LogP contribution in [-0.2, 0) is 6.54 Å². The van der Waals surface area contributed by atoms with Gasteiger partial charge in [0.05, 0.1) is 5.69 Å². The van der Waals surface area contributed by atoms with Gasteiger partial charge in [-0.15, -0.1) is 0 Å². The molecule has 2 rings (SSSR count). The first-order chi connectivity index (χ1) is 8.74. The maximum atomic E-state index is 4.43. The summed E-state index contributed by atoms with van der Waals surface area (Å²) in [5.41, 5.74) is 1.18. The molecule has 1 saturated heterocycles. The van der Waals surface area contributed by atoms with E-state index in [0.717, 1.165) is 25.6 Å². The number of hydrogen-bond acceptors (Lipinski definition) is 3. The zero-order chi connectivity index (χ0) is 12.8. The van der Waals surface area contributed by atoms with E-state index in [0.29, 0.717) is 6.04 Å². The lowest BCUT2D eigenvalue weighted by atomic mass is 10.0. The number of nitrogens with zero attached hydrogens (tertiary/aromatic N) is 2. The van der Waals surface area contributed by atoms with Crippen LogP contribution < -0.4 is 5.32 Å². The zero-order valence-electron chi connectivity index (χ0n) is 11.6. The maximum Gasteiger partial charge on any atom is 0.0543 e. The van der Waals surface area contributed by atoms with Crippen molar-refractivity contribution < 1.29 is 0 Å². The predicted octanol–water partition coefficient (Wildman–Crippen LogP) is 2.29. The molecule has 1 N–H and O–H groups in total. The molecule has 1 unspecified atom stereocenters. The Bertz CT molecular complexity index is 337. The van der Waals surface area contributed by atoms with Gasteiger partial charge < -0.3 is 5.32 Å². The van der Waals surface area contributed by atoms with Crippen LogP contribution in [-0.4, -0.2) is 35.6 Å². The first kappa shape index (κ1) is 13.5. The third kappa shape index (κ3) is 4.39. The van der Waals surface area contributed by atoms with Crippen LogP contribution in [0.2, 0.25) is 0 Å². The van der Waals surface area contributed by atoms with Gasteiger partial charge in [-0.2, -0.15) is 0 Å². The number of aromatic nitrogens is 1. The van der Waals surface area contributed by atoms with Gasteiger partial charge in [0.25, 0.3) is 0 Å². The van der Waals surface area contributed by atoms with E-state index >= 15 is 0 Å². The zero-order valence-corrected chi connectivity index (χ0v) is 11.6. The molecular formula is C15H25N3. The molecular weight excluding hydrogens is 222 g/mol. The van der Waals surface area contributed by atoms with Crippen LogP contribution in [0.4, 0.5) is 0 Å². The second-order valence-corrected chi connectivity index (χ2v) is 5.69. The molecule has 1 aliphatic heterocycles. The minimum Gasteiger partial charge on any atom is -0.313 e. The molecule has 18 heavy (non-hydrogen) atoms. The van der Waals surface area contributed by atoms with Crippen molar-refractivity contribution in [2.45, 2.75) is 39.3 Å². The van der Waals surface area contributed by atoms with Crippen molar-refractivity contribution >= 4 is 0 Å². The van der Waals surface area contributed by atoms with Crippen LogP contribution in [0.25, 0.3) is 0 Å². The van der Waals surface area contributed by atoms with Gasteiger partial charge in [0.1, 0.15) is 0 Å². The van der Waals surface area contributed by atoms with E-state index < -0.39 is 0 Å². The highest BCUT2D eigenvalue weighted by molar-refractivity contribution is 5.03. The summed E-state index contributed by atoms with van der Waals surface area (Å²) in [4.78, 5) is 6.96. The van der Waals surface area contributed by atoms with Crippen LogP contribution in [0.15, 0.2) is 24.4 Å². The smallest absolute Gasteiger partial charge is 0.0543 e. The molecule has 0 aromatic carbocycles. The number of nitrogens with one attached hydrogen (secondary N) is 1. The largest absolute Gasteiger partial charge is 0.313 e. The van der Waals surface area contributed by atoms with E-state index in [4.69, 9.17) is 0 Å². The Morgan fingerprint density at radius 1 is 1.44 bits per heavy atom. The third-order valence-corrected chi connectivity index (χ3v) is 3.43. The predicted molar refractivity (Wildman–Crippen MR) is 75.4 cm³/mol. The van der Waals surface area contributed by atoms with E-state index in [2.05, 4.69) is 41.2 Å². The van der Waals surface area contributed by atoms with Gasteiger partial charge in [0, 0.05) is 25.3 Å². The first-order valence-corrected chi connectivity index (χ1v) is 7.09. The molecule has 100 valence electrons. The van der Waals surface area contributed by atoms with Crippen molar-refractivity contribution in [1.29, 1.82) is 0 Å². The van der Waals surface area contributed by atoms with Gasteiger partial charge in [0.15, 0.2) is 0 Å². The first-order valence-electron chi connectivity index (χ1n) is 7.09. The highest BCUT2D eigenvalue weighted by atomic mass is 15.2. The highest BCUT2D eigenvalue weighted by Gasteiger charge is 2.18. The fourth-order valence-electron chi connectivity index (χ4n) is 2.67. The lowest BCUT2D eigenvalue weighted by Gasteiger charge is -2.25. The molecule has 0 saturated carbocycles. The third-order valence-electron chi connectivity index (χ3n) is 3.43. The molecule has 0 spiro atoms. The normalized spacial score (nSPS) is 22.1. The Morgan fingerprint density at radius 3 is 3.06 bits per heavy atom. The molecule has 1 aromatic heterocycles. The van der Waals surface area contributed by atoms with Gasteiger partial charge in [0.2, 0.25) is 0 Å². The van der Waals surface area contributed by atoms with Gasteiger partial charge >= 0.3 is 0 Å². The molecule has 1 aliphatic rings. The monoisotopic (exact) mass is 247 g/mol. The van der Waals surface area contributed by atoms with Crippen LogP contribution in [0, 0.1) is 5.92 Å². The fraction of sp³-hybridized carbons (Fsp3) is 0.667.